The van der Waals surface area contributed by atoms with Gasteiger partial charge >= 0.3 is 5.97 Å². The van der Waals surface area contributed by atoms with Gasteiger partial charge in [0.1, 0.15) is 10.1 Å². The van der Waals surface area contributed by atoms with Crippen LogP contribution in [0.25, 0.3) is 0 Å². The number of carbonyl (C=O) groups is 1. The summed E-state index contributed by atoms with van der Waals surface area (Å²) < 4.78 is 45.2. The summed E-state index contributed by atoms with van der Waals surface area (Å²) in [5.74, 6) is 3.72. The summed E-state index contributed by atoms with van der Waals surface area (Å²) in [7, 11) is -4.81. The molecule has 0 radical (unpaired) electrons. The molecule has 0 aliphatic heterocycles. The summed E-state index contributed by atoms with van der Waals surface area (Å²) in [5, 5.41) is 0. The van der Waals surface area contributed by atoms with Crippen LogP contribution in [0, 0.1) is 41.4 Å². The van der Waals surface area contributed by atoms with Gasteiger partial charge in [-0.25, -0.2) is 13.2 Å². The normalized spacial score (nSPS) is 36.9. The van der Waals surface area contributed by atoms with E-state index in [1.165, 1.54) is 95.5 Å². The molecule has 0 N–H and O–H groups in total. The Morgan fingerprint density at radius 1 is 0.659 bits per heavy atom. The Balaban J connectivity index is 1.16. The molecule has 0 heterocycles. The SMILES string of the molecule is O=C(OC(C1CC2CC1C1C3CCC(C3)C21)S(=O)(=O)[O-])c1c(C2CCCCC2)cc(C2CCCCC2)cc1C1CCCCC1. The zero-order valence-corrected chi connectivity index (χ0v) is 27.4. The maximum absolute atomic E-state index is 14.6. The van der Waals surface area contributed by atoms with Gasteiger partial charge in [0.15, 0.2) is 5.44 Å². The standard InChI is InChI=1S/C38H54O5S/c39-37(43-38(44(40,41)42)33-22-29-21-32(33)35-27-17-16-26(18-27)34(29)35)36-30(24-12-6-2-7-13-24)19-28(23-10-4-1-5-11-23)20-31(36)25-14-8-3-9-15-25/h19-20,23-27,29,32-35,38H,1-18,21-22H2,(H,40,41,42)/p-1. The molecule has 8 unspecified atom stereocenters. The third-order valence-corrected chi connectivity index (χ3v) is 15.2. The van der Waals surface area contributed by atoms with Gasteiger partial charge in [0.05, 0.1) is 5.56 Å². The maximum atomic E-state index is 14.6. The van der Waals surface area contributed by atoms with Crippen LogP contribution in [0.1, 0.15) is 173 Å². The summed E-state index contributed by atoms with van der Waals surface area (Å²) in [6.45, 7) is 0. The first-order valence-electron chi connectivity index (χ1n) is 18.7. The molecule has 242 valence electrons. The highest BCUT2D eigenvalue weighted by Gasteiger charge is 2.64. The van der Waals surface area contributed by atoms with E-state index < -0.39 is 21.5 Å². The Labute approximate surface area is 265 Å². The molecule has 6 heteroatoms. The molecule has 7 aliphatic rings. The van der Waals surface area contributed by atoms with Crippen molar-refractivity contribution in [2.75, 3.05) is 0 Å². The largest absolute Gasteiger partial charge is 0.745 e. The minimum absolute atomic E-state index is 0.214. The van der Waals surface area contributed by atoms with E-state index in [2.05, 4.69) is 12.1 Å². The summed E-state index contributed by atoms with van der Waals surface area (Å²) in [6, 6.07) is 4.68. The molecule has 0 spiro atoms. The van der Waals surface area contributed by atoms with E-state index in [1.54, 1.807) is 0 Å². The van der Waals surface area contributed by atoms with Crippen LogP contribution in [0.4, 0.5) is 0 Å². The Bertz CT molecular complexity index is 1300. The van der Waals surface area contributed by atoms with Crippen molar-refractivity contribution in [1.82, 2.24) is 0 Å². The quantitative estimate of drug-likeness (QED) is 0.172. The van der Waals surface area contributed by atoms with Crippen LogP contribution in [-0.2, 0) is 14.9 Å². The van der Waals surface area contributed by atoms with Crippen molar-refractivity contribution < 1.29 is 22.5 Å². The molecule has 0 aromatic heterocycles. The summed E-state index contributed by atoms with van der Waals surface area (Å²) in [6.07, 6.45) is 23.3. The van der Waals surface area contributed by atoms with Crippen LogP contribution >= 0.6 is 0 Å². The highest BCUT2D eigenvalue weighted by molar-refractivity contribution is 7.86. The molecular formula is C38H53O5S-. The smallest absolute Gasteiger partial charge is 0.339 e. The van der Waals surface area contributed by atoms with Gasteiger partial charge in [0.2, 0.25) is 0 Å². The molecule has 7 fully saturated rings. The molecule has 0 amide bonds. The van der Waals surface area contributed by atoms with Gasteiger partial charge in [-0.3, -0.25) is 0 Å². The summed E-state index contributed by atoms with van der Waals surface area (Å²) in [4.78, 5) is 14.6. The fourth-order valence-corrected chi connectivity index (χ4v) is 13.5. The highest BCUT2D eigenvalue weighted by Crippen LogP contribution is 2.69. The third kappa shape index (κ3) is 5.30. The second-order valence-electron chi connectivity index (χ2n) is 16.4. The molecule has 0 saturated heterocycles. The van der Waals surface area contributed by atoms with E-state index in [-0.39, 0.29) is 11.8 Å². The number of ether oxygens (including phenoxy) is 1. The molecule has 8 rings (SSSR count). The molecule has 7 aliphatic carbocycles. The van der Waals surface area contributed by atoms with E-state index in [1.807, 2.05) is 0 Å². The van der Waals surface area contributed by atoms with Gasteiger partial charge in [0, 0.05) is 5.92 Å². The van der Waals surface area contributed by atoms with Crippen LogP contribution < -0.4 is 0 Å². The van der Waals surface area contributed by atoms with Gasteiger partial charge in [-0.1, -0.05) is 69.9 Å². The number of hydrogen-bond acceptors (Lipinski definition) is 5. The fraction of sp³-hybridized carbons (Fsp3) is 0.816. The number of rotatable bonds is 7. The van der Waals surface area contributed by atoms with Crippen LogP contribution in [0.15, 0.2) is 12.1 Å². The Morgan fingerprint density at radius 2 is 1.18 bits per heavy atom. The summed E-state index contributed by atoms with van der Waals surface area (Å²) in [5.41, 5.74) is 2.72. The van der Waals surface area contributed by atoms with Crippen molar-refractivity contribution in [1.29, 1.82) is 0 Å². The Hall–Kier alpha value is -1.40. The zero-order valence-electron chi connectivity index (χ0n) is 26.6. The zero-order chi connectivity index (χ0) is 30.0. The number of fused-ring (bicyclic) bond motifs is 9. The second-order valence-corrected chi connectivity index (χ2v) is 17.8. The molecule has 5 nitrogen and oxygen atoms in total. The number of hydrogen-bond donors (Lipinski definition) is 0. The van der Waals surface area contributed by atoms with Gasteiger partial charge in [-0.05, 0) is 141 Å². The first-order valence-corrected chi connectivity index (χ1v) is 20.2. The predicted molar refractivity (Wildman–Crippen MR) is 170 cm³/mol. The molecule has 8 atom stereocenters. The second kappa shape index (κ2) is 12.0. The van der Waals surface area contributed by atoms with Crippen LogP contribution in [0.2, 0.25) is 0 Å². The van der Waals surface area contributed by atoms with Crippen molar-refractivity contribution in [3.05, 3.63) is 34.4 Å². The van der Waals surface area contributed by atoms with Crippen LogP contribution in [0.5, 0.6) is 0 Å². The summed E-state index contributed by atoms with van der Waals surface area (Å²) >= 11 is 0. The van der Waals surface area contributed by atoms with Crippen molar-refractivity contribution in [2.24, 2.45) is 41.4 Å². The average molecular weight is 622 g/mol. The van der Waals surface area contributed by atoms with Crippen molar-refractivity contribution >= 4 is 16.1 Å². The third-order valence-electron chi connectivity index (χ3n) is 14.2. The number of carbonyl (C=O) groups excluding carboxylic acids is 1. The highest BCUT2D eigenvalue weighted by atomic mass is 32.2. The van der Waals surface area contributed by atoms with E-state index in [9.17, 15) is 17.8 Å². The lowest BCUT2D eigenvalue weighted by Crippen LogP contribution is -2.42. The van der Waals surface area contributed by atoms with E-state index in [4.69, 9.17) is 4.74 Å². The molecular weight excluding hydrogens is 568 g/mol. The Morgan fingerprint density at radius 3 is 1.73 bits per heavy atom. The fourth-order valence-electron chi connectivity index (χ4n) is 12.5. The van der Waals surface area contributed by atoms with Gasteiger partial charge < -0.3 is 9.29 Å². The molecule has 7 saturated carbocycles. The minimum Gasteiger partial charge on any atom is -0.745 e. The topological polar surface area (TPSA) is 83.5 Å². The first kappa shape index (κ1) is 30.0. The number of benzene rings is 1. The predicted octanol–water partition coefficient (Wildman–Crippen LogP) is 9.18. The monoisotopic (exact) mass is 621 g/mol. The lowest BCUT2D eigenvalue weighted by Gasteiger charge is -2.41. The lowest BCUT2D eigenvalue weighted by molar-refractivity contribution is 0.00919. The van der Waals surface area contributed by atoms with Gasteiger partial charge in [0.25, 0.3) is 0 Å². The van der Waals surface area contributed by atoms with Crippen LogP contribution in [0.3, 0.4) is 0 Å². The first-order chi connectivity index (χ1) is 21.4. The van der Waals surface area contributed by atoms with Crippen molar-refractivity contribution in [2.45, 2.75) is 152 Å². The molecule has 44 heavy (non-hydrogen) atoms. The van der Waals surface area contributed by atoms with E-state index in [0.717, 1.165) is 55.6 Å². The molecule has 1 aromatic rings. The average Bonchev–Trinajstić information content (AvgIpc) is 3.85. The molecule has 1 aromatic carbocycles. The Kier molecular flexibility index (Phi) is 8.17. The van der Waals surface area contributed by atoms with Crippen LogP contribution in [-0.4, -0.2) is 24.4 Å². The van der Waals surface area contributed by atoms with Crippen molar-refractivity contribution in [3.8, 4) is 0 Å². The van der Waals surface area contributed by atoms with Gasteiger partial charge in [-0.15, -0.1) is 0 Å². The van der Waals surface area contributed by atoms with E-state index in [0.29, 0.717) is 47.0 Å². The lowest BCUT2D eigenvalue weighted by atomic mass is 9.67. The van der Waals surface area contributed by atoms with Crippen molar-refractivity contribution in [3.63, 3.8) is 0 Å². The van der Waals surface area contributed by atoms with Gasteiger partial charge in [-0.2, -0.15) is 0 Å². The maximum Gasteiger partial charge on any atom is 0.339 e. The number of esters is 1. The van der Waals surface area contributed by atoms with E-state index >= 15 is 0 Å². The molecule has 4 bridgehead atoms. The minimum atomic E-state index is -4.81.